The average Bonchev–Trinajstić information content (AvgIpc) is 3.21. The quantitative estimate of drug-likeness (QED) is 0.313. The van der Waals surface area contributed by atoms with E-state index in [-0.39, 0.29) is 16.4 Å². The number of nitrogen functional groups attached to an aromatic ring is 1. The highest BCUT2D eigenvalue weighted by molar-refractivity contribution is 8.18. The smallest absolute Gasteiger partial charge is 0.290 e. The molecule has 1 atom stereocenters. The normalized spacial score (nSPS) is 15.2. The standard InChI is InChI=1S/C27H25N7O3S/c1-4-18(30-22-17(15(3)29-26(28)32-22)13-20-24(35)33-27(37)38-20)23-31-19-12-8-9-14(2)21(19)25(36)34(23)16-10-6-5-7-11-16/h5-13,18H,4H2,1-3H3,(H,33,35,37)(H3,28,29,30,32)/b20-13-. The molecule has 0 saturated carbocycles. The predicted molar refractivity (Wildman–Crippen MR) is 149 cm³/mol. The molecule has 1 aliphatic heterocycles. The number of fused-ring (bicyclic) bond motifs is 1. The Morgan fingerprint density at radius 1 is 1.05 bits per heavy atom. The van der Waals surface area contributed by atoms with Crippen LogP contribution in [0.25, 0.3) is 22.7 Å². The van der Waals surface area contributed by atoms with Gasteiger partial charge in [-0.15, -0.1) is 0 Å². The fourth-order valence-electron chi connectivity index (χ4n) is 4.43. The number of nitrogens with zero attached hydrogens (tertiary/aromatic N) is 4. The molecule has 1 aliphatic rings. The van der Waals surface area contributed by atoms with E-state index >= 15 is 0 Å². The fraction of sp³-hybridized carbons (Fsp3) is 0.185. The molecule has 1 unspecified atom stereocenters. The van der Waals surface area contributed by atoms with E-state index in [0.29, 0.717) is 45.9 Å². The summed E-state index contributed by atoms with van der Waals surface area (Å²) in [6.45, 7) is 5.60. The first kappa shape index (κ1) is 25.2. The number of anilines is 2. The molecule has 3 heterocycles. The number of amides is 2. The van der Waals surface area contributed by atoms with E-state index in [2.05, 4.69) is 20.6 Å². The average molecular weight is 528 g/mol. The second-order valence-electron chi connectivity index (χ2n) is 8.80. The summed E-state index contributed by atoms with van der Waals surface area (Å²) in [7, 11) is 0. The van der Waals surface area contributed by atoms with E-state index in [1.807, 2.05) is 62.4 Å². The zero-order valence-electron chi connectivity index (χ0n) is 21.0. The van der Waals surface area contributed by atoms with Crippen molar-refractivity contribution in [2.45, 2.75) is 33.2 Å². The molecule has 0 radical (unpaired) electrons. The Morgan fingerprint density at radius 2 is 1.82 bits per heavy atom. The molecule has 192 valence electrons. The van der Waals surface area contributed by atoms with Gasteiger partial charge in [0, 0.05) is 5.56 Å². The molecule has 2 amide bonds. The van der Waals surface area contributed by atoms with Crippen molar-refractivity contribution < 1.29 is 9.59 Å². The number of aromatic nitrogens is 4. The minimum atomic E-state index is -0.487. The molecule has 2 aromatic carbocycles. The van der Waals surface area contributed by atoms with E-state index in [9.17, 15) is 14.4 Å². The lowest BCUT2D eigenvalue weighted by Gasteiger charge is -2.23. The van der Waals surface area contributed by atoms with Crippen molar-refractivity contribution in [1.29, 1.82) is 0 Å². The van der Waals surface area contributed by atoms with Crippen LogP contribution in [0.2, 0.25) is 0 Å². The minimum Gasteiger partial charge on any atom is -0.368 e. The molecule has 38 heavy (non-hydrogen) atoms. The number of nitrogens with two attached hydrogens (primary N) is 1. The van der Waals surface area contributed by atoms with Crippen molar-refractivity contribution in [3.8, 4) is 5.69 Å². The van der Waals surface area contributed by atoms with Gasteiger partial charge in [0.2, 0.25) is 5.95 Å². The lowest BCUT2D eigenvalue weighted by Crippen LogP contribution is -2.29. The molecule has 0 aliphatic carbocycles. The number of imide groups is 1. The van der Waals surface area contributed by atoms with Gasteiger partial charge in [-0.2, -0.15) is 4.98 Å². The maximum Gasteiger partial charge on any atom is 0.290 e. The van der Waals surface area contributed by atoms with Gasteiger partial charge in [-0.3, -0.25) is 24.3 Å². The van der Waals surface area contributed by atoms with Crippen LogP contribution in [-0.2, 0) is 4.79 Å². The number of rotatable bonds is 6. The first-order valence-corrected chi connectivity index (χ1v) is 12.8. The third-order valence-corrected chi connectivity index (χ3v) is 7.06. The molecule has 1 fully saturated rings. The Kier molecular flexibility index (Phi) is 6.68. The van der Waals surface area contributed by atoms with Crippen LogP contribution >= 0.6 is 11.8 Å². The number of hydrogen-bond acceptors (Lipinski definition) is 9. The van der Waals surface area contributed by atoms with Crippen LogP contribution in [0.4, 0.5) is 16.6 Å². The van der Waals surface area contributed by atoms with Crippen LogP contribution in [0.5, 0.6) is 0 Å². The fourth-order valence-corrected chi connectivity index (χ4v) is 5.09. The molecule has 1 saturated heterocycles. The largest absolute Gasteiger partial charge is 0.368 e. The molecule has 4 aromatic rings. The van der Waals surface area contributed by atoms with Gasteiger partial charge >= 0.3 is 0 Å². The lowest BCUT2D eigenvalue weighted by molar-refractivity contribution is -0.115. The summed E-state index contributed by atoms with van der Waals surface area (Å²) in [5, 5.41) is 5.75. The highest BCUT2D eigenvalue weighted by Crippen LogP contribution is 2.31. The molecule has 0 spiro atoms. The number of thioether (sulfide) groups is 1. The van der Waals surface area contributed by atoms with E-state index in [1.54, 1.807) is 17.6 Å². The van der Waals surface area contributed by atoms with E-state index in [1.165, 1.54) is 0 Å². The second kappa shape index (κ2) is 10.1. The predicted octanol–water partition coefficient (Wildman–Crippen LogP) is 4.26. The minimum absolute atomic E-state index is 0.0455. The van der Waals surface area contributed by atoms with E-state index in [4.69, 9.17) is 10.7 Å². The summed E-state index contributed by atoms with van der Waals surface area (Å²) in [6, 6.07) is 14.5. The number of carbonyl (C=O) groups is 2. The van der Waals surface area contributed by atoms with Crippen molar-refractivity contribution in [3.63, 3.8) is 0 Å². The molecule has 4 N–H and O–H groups in total. The van der Waals surface area contributed by atoms with Crippen LogP contribution in [0.3, 0.4) is 0 Å². The molecule has 10 nitrogen and oxygen atoms in total. The van der Waals surface area contributed by atoms with Gasteiger partial charge in [-0.25, -0.2) is 9.97 Å². The first-order valence-electron chi connectivity index (χ1n) is 12.0. The van der Waals surface area contributed by atoms with E-state index < -0.39 is 17.2 Å². The van der Waals surface area contributed by atoms with Crippen molar-refractivity contribution >= 4 is 51.7 Å². The van der Waals surface area contributed by atoms with Crippen LogP contribution in [-0.4, -0.2) is 30.7 Å². The van der Waals surface area contributed by atoms with Crippen molar-refractivity contribution in [1.82, 2.24) is 24.8 Å². The third-order valence-electron chi connectivity index (χ3n) is 6.25. The Bertz CT molecular complexity index is 1680. The Hall–Kier alpha value is -4.51. The second-order valence-corrected chi connectivity index (χ2v) is 9.82. The van der Waals surface area contributed by atoms with Gasteiger partial charge in [0.15, 0.2) is 0 Å². The van der Waals surface area contributed by atoms with Gasteiger partial charge in [0.1, 0.15) is 11.6 Å². The first-order chi connectivity index (χ1) is 18.3. The summed E-state index contributed by atoms with van der Waals surface area (Å²) in [4.78, 5) is 51.6. The Morgan fingerprint density at radius 3 is 2.50 bits per heavy atom. The van der Waals surface area contributed by atoms with E-state index in [0.717, 1.165) is 17.3 Å². The van der Waals surface area contributed by atoms with Crippen LogP contribution in [0.1, 0.15) is 42.0 Å². The van der Waals surface area contributed by atoms with Crippen LogP contribution < -0.4 is 21.9 Å². The number of benzene rings is 2. The van der Waals surface area contributed by atoms with Crippen molar-refractivity contribution in [2.75, 3.05) is 11.1 Å². The van der Waals surface area contributed by atoms with Gasteiger partial charge in [0.05, 0.1) is 33.2 Å². The van der Waals surface area contributed by atoms with Crippen LogP contribution in [0, 0.1) is 13.8 Å². The SMILES string of the molecule is CCC(Nc1nc(N)nc(C)c1/C=C1\SC(=O)NC1=O)c1nc2cccc(C)c2c(=O)n1-c1ccccc1. The zero-order chi connectivity index (χ0) is 27.0. The number of aryl methyl sites for hydroxylation is 2. The highest BCUT2D eigenvalue weighted by atomic mass is 32.2. The zero-order valence-corrected chi connectivity index (χ0v) is 21.8. The Labute approximate surface area is 222 Å². The highest BCUT2D eigenvalue weighted by Gasteiger charge is 2.27. The summed E-state index contributed by atoms with van der Waals surface area (Å²) < 4.78 is 1.62. The lowest BCUT2D eigenvalue weighted by atomic mass is 10.1. The van der Waals surface area contributed by atoms with Gasteiger partial charge < -0.3 is 11.1 Å². The van der Waals surface area contributed by atoms with Crippen LogP contribution in [0.15, 0.2) is 58.2 Å². The summed E-state index contributed by atoms with van der Waals surface area (Å²) >= 11 is 0.805. The number of carbonyl (C=O) groups excluding carboxylic acids is 2. The topological polar surface area (TPSA) is 145 Å². The van der Waals surface area contributed by atoms with Gasteiger partial charge in [-0.1, -0.05) is 37.3 Å². The monoisotopic (exact) mass is 527 g/mol. The number of hydrogen-bond donors (Lipinski definition) is 3. The molecule has 5 rings (SSSR count). The maximum absolute atomic E-state index is 13.9. The third kappa shape index (κ3) is 4.63. The summed E-state index contributed by atoms with van der Waals surface area (Å²) in [5.74, 6) is 0.418. The number of nitrogens with one attached hydrogen (secondary N) is 2. The molecule has 11 heteroatoms. The molecule has 0 bridgehead atoms. The molecular formula is C27H25N7O3S. The molecule has 2 aromatic heterocycles. The summed E-state index contributed by atoms with van der Waals surface area (Å²) in [5.41, 5.74) is 8.96. The van der Waals surface area contributed by atoms with Gasteiger partial charge in [-0.05, 0) is 61.9 Å². The number of para-hydroxylation sites is 1. The maximum atomic E-state index is 13.9. The van der Waals surface area contributed by atoms with Crippen molar-refractivity contribution in [3.05, 3.63) is 86.4 Å². The Balaban J connectivity index is 1.69. The van der Waals surface area contributed by atoms with Gasteiger partial charge in [0.25, 0.3) is 16.7 Å². The summed E-state index contributed by atoms with van der Waals surface area (Å²) in [6.07, 6.45) is 2.11. The van der Waals surface area contributed by atoms with Crippen molar-refractivity contribution in [2.24, 2.45) is 0 Å². The molecular weight excluding hydrogens is 502 g/mol.